The molecule has 1 aromatic heterocycles. The third-order valence-electron chi connectivity index (χ3n) is 3.07. The van der Waals surface area contributed by atoms with Gasteiger partial charge < -0.3 is 9.84 Å². The fourth-order valence-corrected chi connectivity index (χ4v) is 1.97. The van der Waals surface area contributed by atoms with Crippen LogP contribution in [0.2, 0.25) is 0 Å². The highest BCUT2D eigenvalue weighted by Gasteiger charge is 2.21. The molecule has 5 heteroatoms. The predicted octanol–water partition coefficient (Wildman–Crippen LogP) is 2.45. The van der Waals surface area contributed by atoms with E-state index in [1.807, 2.05) is 31.2 Å². The first kappa shape index (κ1) is 15.3. The number of aromatic nitrogens is 2. The Kier molecular flexibility index (Phi) is 4.43. The number of aliphatic hydroxyl groups is 1. The Morgan fingerprint density at radius 2 is 2.10 bits per heavy atom. The zero-order valence-electron chi connectivity index (χ0n) is 12.5. The molecule has 0 atom stereocenters. The average Bonchev–Trinajstić information content (AvgIpc) is 2.44. The number of benzene rings is 1. The number of hydrogen-bond acceptors (Lipinski definition) is 4. The lowest BCUT2D eigenvalue weighted by Crippen LogP contribution is -2.27. The van der Waals surface area contributed by atoms with Crippen molar-refractivity contribution in [1.82, 2.24) is 10.2 Å². The maximum atomic E-state index is 11.8. The van der Waals surface area contributed by atoms with E-state index in [9.17, 15) is 9.90 Å². The van der Waals surface area contributed by atoms with Crippen LogP contribution in [0.15, 0.2) is 35.1 Å². The van der Waals surface area contributed by atoms with E-state index in [1.165, 1.54) is 0 Å². The summed E-state index contributed by atoms with van der Waals surface area (Å²) in [6.07, 6.45) is 0.935. The molecular formula is C16H20N2O3. The van der Waals surface area contributed by atoms with Crippen molar-refractivity contribution in [3.63, 3.8) is 0 Å². The second-order valence-electron chi connectivity index (χ2n) is 5.43. The molecule has 0 bridgehead atoms. The Bertz CT molecular complexity index is 672. The first-order valence-corrected chi connectivity index (χ1v) is 6.97. The highest BCUT2D eigenvalue weighted by Crippen LogP contribution is 2.24. The van der Waals surface area contributed by atoms with Crippen molar-refractivity contribution in [2.75, 3.05) is 6.61 Å². The second kappa shape index (κ2) is 6.10. The van der Waals surface area contributed by atoms with Crippen LogP contribution in [-0.4, -0.2) is 21.9 Å². The lowest BCUT2D eigenvalue weighted by atomic mass is 9.98. The molecule has 1 aromatic carbocycles. The zero-order valence-corrected chi connectivity index (χ0v) is 12.5. The second-order valence-corrected chi connectivity index (χ2v) is 5.43. The van der Waals surface area contributed by atoms with Crippen molar-refractivity contribution < 1.29 is 9.84 Å². The summed E-state index contributed by atoms with van der Waals surface area (Å²) in [5, 5.41) is 16.5. The van der Waals surface area contributed by atoms with Crippen LogP contribution in [0.3, 0.4) is 0 Å². The van der Waals surface area contributed by atoms with E-state index in [0.717, 1.165) is 17.7 Å². The van der Waals surface area contributed by atoms with E-state index < -0.39 is 5.60 Å². The smallest absolute Gasteiger partial charge is 0.270 e. The normalized spacial score (nSPS) is 11.4. The molecule has 0 radical (unpaired) electrons. The number of nitrogens with zero attached hydrogens (tertiary/aromatic N) is 1. The summed E-state index contributed by atoms with van der Waals surface area (Å²) in [4.78, 5) is 11.8. The fraction of sp³-hybridized carbons (Fsp3) is 0.375. The molecule has 1 heterocycles. The van der Waals surface area contributed by atoms with E-state index in [4.69, 9.17) is 4.74 Å². The Balaban J connectivity index is 2.41. The Morgan fingerprint density at radius 3 is 2.76 bits per heavy atom. The van der Waals surface area contributed by atoms with Gasteiger partial charge in [-0.15, -0.1) is 0 Å². The third-order valence-corrected chi connectivity index (χ3v) is 3.07. The van der Waals surface area contributed by atoms with Gasteiger partial charge in [0.05, 0.1) is 23.5 Å². The lowest BCUT2D eigenvalue weighted by Gasteiger charge is -2.16. The minimum atomic E-state index is -1.22. The highest BCUT2D eigenvalue weighted by molar-refractivity contribution is 5.61. The predicted molar refractivity (Wildman–Crippen MR) is 81.3 cm³/mol. The van der Waals surface area contributed by atoms with Crippen molar-refractivity contribution in [2.45, 2.75) is 32.8 Å². The average molecular weight is 288 g/mol. The molecule has 0 spiro atoms. The Morgan fingerprint density at radius 1 is 1.33 bits per heavy atom. The molecule has 0 aliphatic rings. The van der Waals surface area contributed by atoms with Crippen LogP contribution < -0.4 is 10.3 Å². The summed E-state index contributed by atoms with van der Waals surface area (Å²) in [7, 11) is 0. The summed E-state index contributed by atoms with van der Waals surface area (Å²) in [6, 6.07) is 9.11. The number of H-pyrrole nitrogens is 1. The van der Waals surface area contributed by atoms with Gasteiger partial charge in [-0.1, -0.05) is 19.1 Å². The summed E-state index contributed by atoms with van der Waals surface area (Å²) in [5.74, 6) is 0.757. The van der Waals surface area contributed by atoms with E-state index in [0.29, 0.717) is 12.3 Å². The molecule has 0 aliphatic heterocycles. The summed E-state index contributed by atoms with van der Waals surface area (Å²) in [6.45, 7) is 5.84. The van der Waals surface area contributed by atoms with Crippen LogP contribution in [0.5, 0.6) is 5.75 Å². The molecule has 5 nitrogen and oxygen atoms in total. The van der Waals surface area contributed by atoms with Gasteiger partial charge in [0.25, 0.3) is 5.56 Å². The first-order chi connectivity index (χ1) is 9.91. The van der Waals surface area contributed by atoms with Crippen molar-refractivity contribution in [3.05, 3.63) is 46.2 Å². The van der Waals surface area contributed by atoms with Crippen molar-refractivity contribution in [1.29, 1.82) is 0 Å². The highest BCUT2D eigenvalue weighted by atomic mass is 16.5. The molecule has 112 valence electrons. The van der Waals surface area contributed by atoms with E-state index in [-0.39, 0.29) is 11.1 Å². The van der Waals surface area contributed by atoms with Gasteiger partial charge in [-0.3, -0.25) is 4.79 Å². The van der Waals surface area contributed by atoms with E-state index in [1.54, 1.807) is 19.9 Å². The molecular weight excluding hydrogens is 268 g/mol. The van der Waals surface area contributed by atoms with Crippen molar-refractivity contribution in [3.8, 4) is 17.0 Å². The fourth-order valence-electron chi connectivity index (χ4n) is 1.97. The number of rotatable bonds is 5. The largest absolute Gasteiger partial charge is 0.494 e. The SMILES string of the molecule is CCCOc1cccc(-c2cc(C(C)(C)O)c(=O)[nH]n2)c1. The number of aromatic amines is 1. The van der Waals surface area contributed by atoms with E-state index in [2.05, 4.69) is 10.2 Å². The lowest BCUT2D eigenvalue weighted by molar-refractivity contribution is 0.0769. The number of ether oxygens (including phenoxy) is 1. The zero-order chi connectivity index (χ0) is 15.5. The standard InChI is InChI=1S/C16H20N2O3/c1-4-8-21-12-7-5-6-11(9-12)14-10-13(16(2,3)20)15(19)18-17-14/h5-7,9-10,20H,4,8H2,1-3H3,(H,18,19). The summed E-state index contributed by atoms with van der Waals surface area (Å²) in [5.41, 5.74) is 0.0951. The monoisotopic (exact) mass is 288 g/mol. The third kappa shape index (κ3) is 3.70. The molecule has 0 fully saturated rings. The molecule has 2 N–H and O–H groups in total. The van der Waals surface area contributed by atoms with Crippen LogP contribution in [0.25, 0.3) is 11.3 Å². The van der Waals surface area contributed by atoms with Gasteiger partial charge in [0.15, 0.2) is 0 Å². The quantitative estimate of drug-likeness (QED) is 0.886. The molecule has 21 heavy (non-hydrogen) atoms. The van der Waals surface area contributed by atoms with Gasteiger partial charge in [0, 0.05) is 5.56 Å². The topological polar surface area (TPSA) is 75.2 Å². The van der Waals surface area contributed by atoms with Crippen LogP contribution >= 0.6 is 0 Å². The maximum absolute atomic E-state index is 11.8. The molecule has 0 unspecified atom stereocenters. The van der Waals surface area contributed by atoms with Crippen LogP contribution in [0.4, 0.5) is 0 Å². The minimum Gasteiger partial charge on any atom is -0.494 e. The maximum Gasteiger partial charge on any atom is 0.270 e. The molecule has 0 saturated carbocycles. The first-order valence-electron chi connectivity index (χ1n) is 6.97. The van der Waals surface area contributed by atoms with Crippen LogP contribution in [0.1, 0.15) is 32.8 Å². The van der Waals surface area contributed by atoms with Crippen LogP contribution in [-0.2, 0) is 5.60 Å². The Hall–Kier alpha value is -2.14. The summed E-state index contributed by atoms with van der Waals surface area (Å²) < 4.78 is 5.59. The minimum absolute atomic E-state index is 0.285. The number of hydrogen-bond donors (Lipinski definition) is 2. The van der Waals surface area contributed by atoms with Crippen molar-refractivity contribution in [2.24, 2.45) is 0 Å². The van der Waals surface area contributed by atoms with E-state index >= 15 is 0 Å². The number of nitrogens with one attached hydrogen (secondary N) is 1. The Labute approximate surface area is 123 Å². The summed E-state index contributed by atoms with van der Waals surface area (Å²) >= 11 is 0. The van der Waals surface area contributed by atoms with Gasteiger partial charge in [-0.05, 0) is 38.5 Å². The molecule has 2 aromatic rings. The van der Waals surface area contributed by atoms with Crippen molar-refractivity contribution >= 4 is 0 Å². The van der Waals surface area contributed by atoms with Gasteiger partial charge in [0.2, 0.25) is 0 Å². The van der Waals surface area contributed by atoms with Gasteiger partial charge in [-0.2, -0.15) is 5.10 Å². The molecule has 2 rings (SSSR count). The van der Waals surface area contributed by atoms with Crippen LogP contribution in [0, 0.1) is 0 Å². The molecule has 0 amide bonds. The molecule has 0 saturated heterocycles. The van der Waals surface area contributed by atoms with Gasteiger partial charge in [0.1, 0.15) is 5.75 Å². The van der Waals surface area contributed by atoms with Gasteiger partial charge in [-0.25, -0.2) is 5.10 Å². The van der Waals surface area contributed by atoms with Gasteiger partial charge >= 0.3 is 0 Å². The molecule has 0 aliphatic carbocycles.